The van der Waals surface area contributed by atoms with Crippen molar-refractivity contribution in [2.45, 2.75) is 38.3 Å². The predicted molar refractivity (Wildman–Crippen MR) is 184 cm³/mol. The summed E-state index contributed by atoms with van der Waals surface area (Å²) in [4.78, 5) is 39.1. The Bertz CT molecular complexity index is 1870. The number of nitrogens with two attached hydrogens (primary N) is 1. The first-order chi connectivity index (χ1) is 23.3. The van der Waals surface area contributed by atoms with Crippen molar-refractivity contribution in [1.29, 1.82) is 0 Å². The zero-order valence-corrected chi connectivity index (χ0v) is 26.9. The summed E-state index contributed by atoms with van der Waals surface area (Å²) in [7, 11) is 0. The van der Waals surface area contributed by atoms with Gasteiger partial charge in [-0.1, -0.05) is 60.7 Å². The first kappa shape index (κ1) is 32.5. The second-order valence-electron chi connectivity index (χ2n) is 11.5. The number of hydrogen-bond acceptors (Lipinski definition) is 11. The number of thiocarbonyl (C=S) groups is 1. The van der Waals surface area contributed by atoms with Gasteiger partial charge in [0, 0.05) is 48.8 Å². The molecule has 0 aliphatic carbocycles. The first-order valence-corrected chi connectivity index (χ1v) is 16.1. The third kappa shape index (κ3) is 7.11. The minimum absolute atomic E-state index is 0.105. The Hall–Kier alpha value is -5.40. The highest BCUT2D eigenvalue weighted by atomic mass is 32.1. The van der Waals surface area contributed by atoms with Gasteiger partial charge >= 0.3 is 0 Å². The fourth-order valence-corrected chi connectivity index (χ4v) is 6.14. The Kier molecular flexibility index (Phi) is 9.88. The van der Waals surface area contributed by atoms with Crippen molar-refractivity contribution >= 4 is 46.4 Å². The third-order valence-electron chi connectivity index (χ3n) is 8.28. The number of phenols is 1. The van der Waals surface area contributed by atoms with E-state index in [1.165, 1.54) is 4.90 Å². The summed E-state index contributed by atoms with van der Waals surface area (Å²) in [6, 6.07) is 21.5. The molecule has 0 saturated carbocycles. The number of benzene rings is 3. The van der Waals surface area contributed by atoms with E-state index >= 15 is 0 Å². The van der Waals surface area contributed by atoms with E-state index in [9.17, 15) is 19.5 Å². The number of nitrogen functional groups attached to an aromatic ring is 1. The number of carbonyl (C=O) groups excluding carboxylic acids is 3. The van der Waals surface area contributed by atoms with Crippen molar-refractivity contribution in [3.05, 3.63) is 95.1 Å². The Labute approximate surface area is 282 Å². The molecule has 1 fully saturated rings. The lowest BCUT2D eigenvalue weighted by molar-refractivity contribution is -0.135. The molecule has 2 aliphatic rings. The number of imide groups is 1. The number of amides is 3. The van der Waals surface area contributed by atoms with E-state index in [1.54, 1.807) is 30.3 Å². The molecular weight excluding hydrogens is 630 g/mol. The van der Waals surface area contributed by atoms with Gasteiger partial charge < -0.3 is 26.2 Å². The minimum atomic E-state index is -0.788. The number of aromatic hydroxyl groups is 1. The van der Waals surface area contributed by atoms with Crippen LogP contribution < -0.4 is 26.4 Å². The zero-order valence-electron chi connectivity index (χ0n) is 26.1. The van der Waals surface area contributed by atoms with Crippen LogP contribution >= 0.6 is 12.2 Å². The van der Waals surface area contributed by atoms with Crippen LogP contribution in [0.15, 0.2) is 72.8 Å². The van der Waals surface area contributed by atoms with Gasteiger partial charge in [-0.25, -0.2) is 0 Å². The van der Waals surface area contributed by atoms with Crippen LogP contribution in [0.25, 0.3) is 11.3 Å². The highest BCUT2D eigenvalue weighted by Crippen LogP contribution is 2.33. The molecule has 246 valence electrons. The van der Waals surface area contributed by atoms with Crippen LogP contribution in [0.3, 0.4) is 0 Å². The molecule has 12 nitrogen and oxygen atoms in total. The Morgan fingerprint density at radius 3 is 2.54 bits per heavy atom. The summed E-state index contributed by atoms with van der Waals surface area (Å²) in [5.41, 5.74) is 11.0. The number of piperidine rings is 1. The van der Waals surface area contributed by atoms with E-state index in [4.69, 9.17) is 22.7 Å². The summed E-state index contributed by atoms with van der Waals surface area (Å²) in [6.07, 6.45) is 1.91. The number of nitrogens with one attached hydrogen (secondary N) is 3. The predicted octanol–water partition coefficient (Wildman–Crippen LogP) is 3.58. The molecule has 0 radical (unpaired) electrons. The number of carbonyl (C=O) groups is 3. The van der Waals surface area contributed by atoms with Gasteiger partial charge in [0.15, 0.2) is 11.6 Å². The number of para-hydroxylation sites is 1. The number of ether oxygens (including phenoxy) is 1. The average molecular weight is 666 g/mol. The van der Waals surface area contributed by atoms with Gasteiger partial charge in [0.2, 0.25) is 11.8 Å². The number of nitrogens with zero attached hydrogens (tertiary/aromatic N) is 3. The van der Waals surface area contributed by atoms with Crippen LogP contribution in [0.5, 0.6) is 11.5 Å². The molecule has 6 N–H and O–H groups in total. The third-order valence-corrected chi connectivity index (χ3v) is 8.70. The number of fused-ring (bicyclic) bond motifs is 1. The number of hydrogen-bond donors (Lipinski definition) is 5. The summed E-state index contributed by atoms with van der Waals surface area (Å²) < 4.78 is 5.90. The highest BCUT2D eigenvalue weighted by Gasteiger charge is 2.43. The average Bonchev–Trinajstić information content (AvgIpc) is 3.34. The molecular formula is C35H35N7O5S. The van der Waals surface area contributed by atoms with E-state index in [2.05, 4.69) is 50.4 Å². The number of anilines is 2. The Morgan fingerprint density at radius 1 is 0.979 bits per heavy atom. The van der Waals surface area contributed by atoms with E-state index < -0.39 is 11.9 Å². The molecule has 0 bridgehead atoms. The van der Waals surface area contributed by atoms with Crippen molar-refractivity contribution < 1.29 is 24.2 Å². The topological polar surface area (TPSA) is 172 Å². The lowest BCUT2D eigenvalue weighted by Crippen LogP contribution is -2.54. The SMILES string of the molecule is Nc1nnc(-c2ccccc2O)cc1OCCc1ccc(CNCCCNc2cccc3c2C(=O)N(C2CCC(=O)NC2=O)C3=S)cc1. The van der Waals surface area contributed by atoms with E-state index in [0.717, 1.165) is 24.1 Å². The summed E-state index contributed by atoms with van der Waals surface area (Å²) in [6.45, 7) is 2.50. The Morgan fingerprint density at radius 2 is 1.75 bits per heavy atom. The van der Waals surface area contributed by atoms with Gasteiger partial charge in [0.05, 0.1) is 12.2 Å². The van der Waals surface area contributed by atoms with E-state index in [1.807, 2.05) is 18.2 Å². The van der Waals surface area contributed by atoms with Crippen LogP contribution in [0.4, 0.5) is 11.5 Å². The maximum absolute atomic E-state index is 13.4. The smallest absolute Gasteiger partial charge is 0.262 e. The highest BCUT2D eigenvalue weighted by molar-refractivity contribution is 7.80. The van der Waals surface area contributed by atoms with Gasteiger partial charge in [-0.3, -0.25) is 24.6 Å². The quantitative estimate of drug-likeness (QED) is 0.0803. The molecule has 1 unspecified atom stereocenters. The first-order valence-electron chi connectivity index (χ1n) is 15.7. The van der Waals surface area contributed by atoms with Crippen LogP contribution in [0.2, 0.25) is 0 Å². The van der Waals surface area contributed by atoms with Gasteiger partial charge in [-0.05, 0) is 48.7 Å². The van der Waals surface area contributed by atoms with Gasteiger partial charge in [-0.15, -0.1) is 10.2 Å². The zero-order chi connectivity index (χ0) is 33.6. The van der Waals surface area contributed by atoms with Gasteiger partial charge in [-0.2, -0.15) is 0 Å². The van der Waals surface area contributed by atoms with E-state index in [-0.39, 0.29) is 36.2 Å². The van der Waals surface area contributed by atoms with Gasteiger partial charge in [0.1, 0.15) is 22.5 Å². The van der Waals surface area contributed by atoms with Crippen LogP contribution in [-0.2, 0) is 22.6 Å². The van der Waals surface area contributed by atoms with E-state index in [0.29, 0.717) is 64.9 Å². The second-order valence-corrected chi connectivity index (χ2v) is 11.9. The Balaban J connectivity index is 0.930. The molecule has 1 aromatic heterocycles. The summed E-state index contributed by atoms with van der Waals surface area (Å²) >= 11 is 5.57. The van der Waals surface area contributed by atoms with Crippen molar-refractivity contribution in [3.63, 3.8) is 0 Å². The fourth-order valence-electron chi connectivity index (χ4n) is 5.76. The molecule has 48 heavy (non-hydrogen) atoms. The monoisotopic (exact) mass is 665 g/mol. The van der Waals surface area contributed by atoms with Crippen molar-refractivity contribution in [1.82, 2.24) is 25.7 Å². The number of aromatic nitrogens is 2. The van der Waals surface area contributed by atoms with Crippen LogP contribution in [0.1, 0.15) is 46.3 Å². The summed E-state index contributed by atoms with van der Waals surface area (Å²) in [5.74, 6) is -0.448. The summed E-state index contributed by atoms with van der Waals surface area (Å²) in [5, 5.41) is 27.3. The lowest BCUT2D eigenvalue weighted by atomic mass is 10.0. The van der Waals surface area contributed by atoms with Gasteiger partial charge in [0.25, 0.3) is 5.91 Å². The van der Waals surface area contributed by atoms with Crippen LogP contribution in [0, 0.1) is 0 Å². The molecule has 0 spiro atoms. The van der Waals surface area contributed by atoms with Crippen molar-refractivity contribution in [2.75, 3.05) is 30.7 Å². The number of rotatable bonds is 13. The van der Waals surface area contributed by atoms with Crippen molar-refractivity contribution in [2.24, 2.45) is 0 Å². The molecule has 3 amide bonds. The molecule has 13 heteroatoms. The minimum Gasteiger partial charge on any atom is -0.507 e. The maximum atomic E-state index is 13.4. The second kappa shape index (κ2) is 14.6. The molecule has 6 rings (SSSR count). The number of phenolic OH excluding ortho intramolecular Hbond substituents is 1. The standard InChI is InChI=1S/C35H35N7O5S/c36-32-29(19-26(40-41-32)23-5-1-2-8-28(23)43)47-18-15-21-9-11-22(12-10-21)20-37-16-4-17-38-25-7-3-6-24-31(25)34(46)42(35(24)48)27-13-14-30(44)39-33(27)45/h1-3,5-12,19,27,37-38,43H,4,13-18,20H2,(H2,36,41)(H,39,44,45). The lowest BCUT2D eigenvalue weighted by Gasteiger charge is -2.29. The normalized spacial score (nSPS) is 15.8. The van der Waals surface area contributed by atoms with Crippen molar-refractivity contribution in [3.8, 4) is 22.8 Å². The maximum Gasteiger partial charge on any atom is 0.262 e. The molecule has 1 atom stereocenters. The molecule has 2 aliphatic heterocycles. The van der Waals surface area contributed by atoms with Crippen LogP contribution in [-0.4, -0.2) is 68.7 Å². The molecule has 3 aromatic carbocycles. The largest absolute Gasteiger partial charge is 0.507 e. The molecule has 3 heterocycles. The molecule has 4 aromatic rings. The fraction of sp³-hybridized carbons (Fsp3) is 0.257. The molecule has 1 saturated heterocycles.